The first-order valence-corrected chi connectivity index (χ1v) is 6.73. The lowest BCUT2D eigenvalue weighted by atomic mass is 9.69. The van der Waals surface area contributed by atoms with E-state index < -0.39 is 0 Å². The molecule has 0 atom stereocenters. The van der Waals surface area contributed by atoms with Crippen molar-refractivity contribution < 1.29 is 5.11 Å². The van der Waals surface area contributed by atoms with Crippen LogP contribution in [0.2, 0.25) is 0 Å². The summed E-state index contributed by atoms with van der Waals surface area (Å²) in [6.45, 7) is 1.88. The summed E-state index contributed by atoms with van der Waals surface area (Å²) in [4.78, 5) is 16.7. The Labute approximate surface area is 111 Å². The predicted octanol–water partition coefficient (Wildman–Crippen LogP) is 1.11. The summed E-state index contributed by atoms with van der Waals surface area (Å²) in [6.07, 6.45) is 3.44. The second kappa shape index (κ2) is 4.83. The summed E-state index contributed by atoms with van der Waals surface area (Å²) >= 11 is 0. The Kier molecular flexibility index (Phi) is 3.16. The van der Waals surface area contributed by atoms with Crippen LogP contribution in [0, 0.1) is 5.41 Å². The molecule has 0 spiro atoms. The minimum Gasteiger partial charge on any atom is -0.396 e. The third kappa shape index (κ3) is 2.43. The molecule has 0 amide bonds. The average Bonchev–Trinajstić information content (AvgIpc) is 2.72. The number of aromatic amines is 2. The van der Waals surface area contributed by atoms with Gasteiger partial charge in [-0.15, -0.1) is 0 Å². The minimum absolute atomic E-state index is 0.104. The molecule has 5 nitrogen and oxygen atoms in total. The molecule has 0 radical (unpaired) electrons. The molecule has 1 aromatic heterocycles. The molecule has 1 aromatic carbocycles. The van der Waals surface area contributed by atoms with Gasteiger partial charge in [0.1, 0.15) is 0 Å². The lowest BCUT2D eigenvalue weighted by Crippen LogP contribution is -2.42. The second-order valence-electron chi connectivity index (χ2n) is 5.57. The molecular weight excluding hydrogens is 242 g/mol. The summed E-state index contributed by atoms with van der Waals surface area (Å²) in [6, 6.07) is 5.90. The van der Waals surface area contributed by atoms with Crippen molar-refractivity contribution in [1.29, 1.82) is 0 Å². The van der Waals surface area contributed by atoms with E-state index in [2.05, 4.69) is 15.3 Å². The molecule has 4 N–H and O–H groups in total. The van der Waals surface area contributed by atoms with Crippen LogP contribution in [0.4, 0.5) is 0 Å². The number of fused-ring (bicyclic) bond motifs is 1. The van der Waals surface area contributed by atoms with E-state index in [0.717, 1.165) is 42.5 Å². The van der Waals surface area contributed by atoms with Crippen LogP contribution in [0.3, 0.4) is 0 Å². The van der Waals surface area contributed by atoms with Crippen LogP contribution in [-0.2, 0) is 6.54 Å². The topological polar surface area (TPSA) is 80.9 Å². The maximum atomic E-state index is 11.2. The van der Waals surface area contributed by atoms with Crippen molar-refractivity contribution in [3.05, 3.63) is 34.2 Å². The quantitative estimate of drug-likeness (QED) is 0.651. The molecule has 1 fully saturated rings. The van der Waals surface area contributed by atoms with Crippen LogP contribution in [0.1, 0.15) is 24.8 Å². The first-order valence-electron chi connectivity index (χ1n) is 6.73. The summed E-state index contributed by atoms with van der Waals surface area (Å²) in [7, 11) is 0. The largest absolute Gasteiger partial charge is 0.396 e. The fourth-order valence-corrected chi connectivity index (χ4v) is 2.73. The molecule has 19 heavy (non-hydrogen) atoms. The van der Waals surface area contributed by atoms with Gasteiger partial charge >= 0.3 is 5.69 Å². The minimum atomic E-state index is -0.172. The fraction of sp³-hybridized carbons (Fsp3) is 0.500. The normalized spacial score (nSPS) is 17.5. The van der Waals surface area contributed by atoms with Gasteiger partial charge in [-0.05, 0) is 30.5 Å². The molecule has 3 rings (SSSR count). The number of benzene rings is 1. The van der Waals surface area contributed by atoms with Crippen molar-refractivity contribution in [3.63, 3.8) is 0 Å². The van der Waals surface area contributed by atoms with Crippen molar-refractivity contribution in [2.24, 2.45) is 5.41 Å². The molecule has 102 valence electrons. The van der Waals surface area contributed by atoms with Gasteiger partial charge in [0.2, 0.25) is 0 Å². The van der Waals surface area contributed by atoms with Crippen LogP contribution < -0.4 is 11.0 Å². The van der Waals surface area contributed by atoms with Gasteiger partial charge in [0.25, 0.3) is 0 Å². The van der Waals surface area contributed by atoms with Gasteiger partial charge in [-0.25, -0.2) is 4.79 Å². The molecule has 1 aliphatic carbocycles. The maximum Gasteiger partial charge on any atom is 0.323 e. The second-order valence-corrected chi connectivity index (χ2v) is 5.57. The first-order chi connectivity index (χ1) is 9.21. The molecule has 2 aromatic rings. The van der Waals surface area contributed by atoms with Gasteiger partial charge in [0.15, 0.2) is 0 Å². The van der Waals surface area contributed by atoms with Crippen LogP contribution in [-0.4, -0.2) is 28.2 Å². The summed E-state index contributed by atoms with van der Waals surface area (Å²) < 4.78 is 0. The van der Waals surface area contributed by atoms with Crippen LogP contribution in [0.15, 0.2) is 23.0 Å². The highest BCUT2D eigenvalue weighted by Crippen LogP contribution is 2.39. The van der Waals surface area contributed by atoms with Gasteiger partial charge in [-0.3, -0.25) is 0 Å². The lowest BCUT2D eigenvalue weighted by Gasteiger charge is -2.40. The van der Waals surface area contributed by atoms with E-state index in [1.807, 2.05) is 18.2 Å². The molecule has 0 bridgehead atoms. The molecule has 0 saturated heterocycles. The van der Waals surface area contributed by atoms with Crippen LogP contribution in [0.25, 0.3) is 11.0 Å². The molecule has 1 saturated carbocycles. The molecule has 1 heterocycles. The van der Waals surface area contributed by atoms with Crippen molar-refractivity contribution >= 4 is 11.0 Å². The summed E-state index contributed by atoms with van der Waals surface area (Å²) in [5, 5.41) is 12.8. The van der Waals surface area contributed by atoms with Gasteiger partial charge in [-0.2, -0.15) is 0 Å². The number of hydrogen-bond acceptors (Lipinski definition) is 3. The Bertz CT molecular complexity index is 619. The number of rotatable bonds is 5. The monoisotopic (exact) mass is 261 g/mol. The Morgan fingerprint density at radius 3 is 2.74 bits per heavy atom. The van der Waals surface area contributed by atoms with E-state index in [1.165, 1.54) is 6.42 Å². The van der Waals surface area contributed by atoms with Crippen molar-refractivity contribution in [3.8, 4) is 0 Å². The highest BCUT2D eigenvalue weighted by atomic mass is 16.3. The van der Waals surface area contributed by atoms with E-state index in [-0.39, 0.29) is 17.7 Å². The van der Waals surface area contributed by atoms with E-state index in [1.54, 1.807) is 0 Å². The average molecular weight is 261 g/mol. The zero-order valence-electron chi connectivity index (χ0n) is 10.8. The van der Waals surface area contributed by atoms with E-state index in [9.17, 15) is 9.90 Å². The van der Waals surface area contributed by atoms with Gasteiger partial charge in [0.05, 0.1) is 11.0 Å². The lowest BCUT2D eigenvalue weighted by molar-refractivity contribution is 0.0445. The fourth-order valence-electron chi connectivity index (χ4n) is 2.73. The Balaban J connectivity index is 1.63. The number of aromatic nitrogens is 2. The molecule has 5 heteroatoms. The highest BCUT2D eigenvalue weighted by molar-refractivity contribution is 5.74. The molecule has 0 unspecified atom stereocenters. The van der Waals surface area contributed by atoms with Crippen LogP contribution in [0.5, 0.6) is 0 Å². The maximum absolute atomic E-state index is 11.2. The zero-order valence-corrected chi connectivity index (χ0v) is 10.8. The van der Waals surface area contributed by atoms with Gasteiger partial charge in [-0.1, -0.05) is 12.5 Å². The smallest absolute Gasteiger partial charge is 0.323 e. The SMILES string of the molecule is O=c1[nH]c2ccc(CNCC3(CO)CCC3)cc2[nH]1. The molecule has 1 aliphatic rings. The standard InChI is InChI=1S/C14H19N3O2/c18-9-14(4-1-5-14)8-15-7-10-2-3-11-12(6-10)17-13(19)16-11/h2-3,6,15,18H,1,4-5,7-9H2,(H2,16,17,19). The number of aliphatic hydroxyl groups is 1. The highest BCUT2D eigenvalue weighted by Gasteiger charge is 2.35. The summed E-state index contributed by atoms with van der Waals surface area (Å²) in [5.41, 5.74) is 2.74. The van der Waals surface area contributed by atoms with Crippen molar-refractivity contribution in [2.45, 2.75) is 25.8 Å². The van der Waals surface area contributed by atoms with E-state index in [4.69, 9.17) is 0 Å². The Morgan fingerprint density at radius 2 is 2.05 bits per heavy atom. The Hall–Kier alpha value is -1.59. The number of hydrogen-bond donors (Lipinski definition) is 4. The molecule has 0 aliphatic heterocycles. The number of imidazole rings is 1. The number of H-pyrrole nitrogens is 2. The molecular formula is C14H19N3O2. The van der Waals surface area contributed by atoms with E-state index in [0.29, 0.717) is 0 Å². The van der Waals surface area contributed by atoms with Crippen LogP contribution >= 0.6 is 0 Å². The predicted molar refractivity (Wildman–Crippen MR) is 74.0 cm³/mol. The van der Waals surface area contributed by atoms with Gasteiger partial charge in [0, 0.05) is 25.1 Å². The van der Waals surface area contributed by atoms with E-state index >= 15 is 0 Å². The number of aliphatic hydroxyl groups excluding tert-OH is 1. The third-order valence-electron chi connectivity index (χ3n) is 4.16. The number of nitrogens with one attached hydrogen (secondary N) is 3. The van der Waals surface area contributed by atoms with Crippen molar-refractivity contribution in [2.75, 3.05) is 13.2 Å². The first kappa shape index (κ1) is 12.4. The third-order valence-corrected chi connectivity index (χ3v) is 4.16. The van der Waals surface area contributed by atoms with Crippen molar-refractivity contribution in [1.82, 2.24) is 15.3 Å². The zero-order chi connectivity index (χ0) is 13.3. The van der Waals surface area contributed by atoms with Gasteiger partial charge < -0.3 is 20.4 Å². The Morgan fingerprint density at radius 1 is 1.26 bits per heavy atom. The summed E-state index contributed by atoms with van der Waals surface area (Å²) in [5.74, 6) is 0.